The first kappa shape index (κ1) is 61.9. The Hall–Kier alpha value is -1.14. The van der Waals surface area contributed by atoms with Crippen LogP contribution in [0.1, 0.15) is 328 Å². The van der Waals surface area contributed by atoms with E-state index < -0.39 is 12.1 Å². The first-order valence-corrected chi connectivity index (χ1v) is 28.8. The van der Waals surface area contributed by atoms with Gasteiger partial charge in [0.05, 0.1) is 25.4 Å². The molecule has 63 heavy (non-hydrogen) atoms. The minimum atomic E-state index is -0.676. The van der Waals surface area contributed by atoms with E-state index in [1.807, 2.05) is 0 Å². The van der Waals surface area contributed by atoms with Crippen LogP contribution < -0.4 is 5.32 Å². The molecule has 0 saturated heterocycles. The predicted octanol–water partition coefficient (Wildman–Crippen LogP) is 17.5. The molecular weight excluding hydrogens is 779 g/mol. The van der Waals surface area contributed by atoms with Crippen LogP contribution in [0.25, 0.3) is 0 Å². The molecule has 0 aliphatic heterocycles. The van der Waals surface area contributed by atoms with E-state index >= 15 is 0 Å². The Morgan fingerprint density at radius 2 is 0.651 bits per heavy atom. The van der Waals surface area contributed by atoms with Crippen molar-refractivity contribution < 1.29 is 24.5 Å². The van der Waals surface area contributed by atoms with Crippen LogP contribution >= 0.6 is 0 Å². The Morgan fingerprint density at radius 3 is 0.968 bits per heavy atom. The molecule has 0 saturated carbocycles. The second-order valence-electron chi connectivity index (χ2n) is 20.0. The molecule has 2 atom stereocenters. The maximum Gasteiger partial charge on any atom is 0.305 e. The number of esters is 1. The smallest absolute Gasteiger partial charge is 0.305 e. The van der Waals surface area contributed by atoms with E-state index in [2.05, 4.69) is 19.2 Å². The predicted molar refractivity (Wildman–Crippen MR) is 274 cm³/mol. The van der Waals surface area contributed by atoms with Crippen LogP contribution in [-0.4, -0.2) is 47.4 Å². The average molecular weight is 893 g/mol. The molecule has 0 spiro atoms. The number of ether oxygens (including phenoxy) is 1. The van der Waals surface area contributed by atoms with Gasteiger partial charge in [0.2, 0.25) is 5.91 Å². The van der Waals surface area contributed by atoms with Gasteiger partial charge in [-0.05, 0) is 25.7 Å². The van der Waals surface area contributed by atoms with Crippen LogP contribution in [0.3, 0.4) is 0 Å². The van der Waals surface area contributed by atoms with Gasteiger partial charge in [-0.1, -0.05) is 290 Å². The minimum Gasteiger partial charge on any atom is -0.466 e. The minimum absolute atomic E-state index is 0.0124. The summed E-state index contributed by atoms with van der Waals surface area (Å²) >= 11 is 0. The molecule has 0 aliphatic rings. The van der Waals surface area contributed by atoms with Crippen molar-refractivity contribution in [2.45, 2.75) is 341 Å². The molecule has 2 unspecified atom stereocenters. The highest BCUT2D eigenvalue weighted by Crippen LogP contribution is 2.18. The van der Waals surface area contributed by atoms with Crippen molar-refractivity contribution in [3.05, 3.63) is 0 Å². The lowest BCUT2D eigenvalue weighted by Crippen LogP contribution is -2.45. The van der Waals surface area contributed by atoms with Crippen LogP contribution in [0.2, 0.25) is 0 Å². The van der Waals surface area contributed by atoms with E-state index in [0.29, 0.717) is 25.9 Å². The van der Waals surface area contributed by atoms with Gasteiger partial charge in [0, 0.05) is 12.8 Å². The third-order valence-electron chi connectivity index (χ3n) is 13.7. The fraction of sp³-hybridized carbons (Fsp3) is 0.965. The Morgan fingerprint density at radius 1 is 0.381 bits per heavy atom. The second-order valence-corrected chi connectivity index (χ2v) is 20.0. The van der Waals surface area contributed by atoms with E-state index in [1.165, 1.54) is 238 Å². The molecule has 0 heterocycles. The SMILES string of the molecule is CCCCCCCCCCCCCCCCCCCCCCCCCCC(O)C(CO)NC(=O)CCCCCCCCCCCCCOC(=O)CCCCCCCCCCCCC. The highest BCUT2D eigenvalue weighted by atomic mass is 16.5. The zero-order chi connectivity index (χ0) is 45.8. The maximum atomic E-state index is 12.5. The molecule has 0 fully saturated rings. The molecule has 376 valence electrons. The summed E-state index contributed by atoms with van der Waals surface area (Å²) in [5.41, 5.74) is 0. The molecule has 0 radical (unpaired) electrons. The summed E-state index contributed by atoms with van der Waals surface area (Å²) in [4.78, 5) is 24.5. The van der Waals surface area contributed by atoms with Crippen molar-refractivity contribution in [1.29, 1.82) is 0 Å². The van der Waals surface area contributed by atoms with Crippen molar-refractivity contribution in [2.24, 2.45) is 0 Å². The van der Waals surface area contributed by atoms with E-state index in [4.69, 9.17) is 4.74 Å². The average Bonchev–Trinajstić information content (AvgIpc) is 3.28. The summed E-state index contributed by atoms with van der Waals surface area (Å²) in [5, 5.41) is 23.3. The fourth-order valence-corrected chi connectivity index (χ4v) is 9.23. The summed E-state index contributed by atoms with van der Waals surface area (Å²) in [6.07, 6.45) is 60.9. The highest BCUT2D eigenvalue weighted by Gasteiger charge is 2.20. The van der Waals surface area contributed by atoms with Crippen molar-refractivity contribution >= 4 is 11.9 Å². The molecule has 0 aliphatic carbocycles. The van der Waals surface area contributed by atoms with Gasteiger partial charge in [0.1, 0.15) is 0 Å². The van der Waals surface area contributed by atoms with E-state index in [-0.39, 0.29) is 18.5 Å². The normalized spacial score (nSPS) is 12.5. The molecule has 6 heteroatoms. The van der Waals surface area contributed by atoms with Gasteiger partial charge in [0.25, 0.3) is 0 Å². The summed E-state index contributed by atoms with van der Waals surface area (Å²) in [5.74, 6) is -0.0617. The Kier molecular flexibility index (Phi) is 52.5. The van der Waals surface area contributed by atoms with Gasteiger partial charge < -0.3 is 20.3 Å². The number of hydrogen-bond acceptors (Lipinski definition) is 5. The van der Waals surface area contributed by atoms with Gasteiger partial charge in [-0.2, -0.15) is 0 Å². The first-order chi connectivity index (χ1) is 31.0. The molecular formula is C57H113NO5. The largest absolute Gasteiger partial charge is 0.466 e. The lowest BCUT2D eigenvalue weighted by atomic mass is 10.0. The summed E-state index contributed by atoms with van der Waals surface area (Å²) < 4.78 is 5.45. The molecule has 6 nitrogen and oxygen atoms in total. The molecule has 0 rings (SSSR count). The van der Waals surface area contributed by atoms with Crippen LogP contribution in [0, 0.1) is 0 Å². The quantitative estimate of drug-likeness (QED) is 0.0418. The number of nitrogens with one attached hydrogen (secondary N) is 1. The third-order valence-corrected chi connectivity index (χ3v) is 13.7. The first-order valence-electron chi connectivity index (χ1n) is 28.8. The number of carbonyl (C=O) groups is 2. The maximum absolute atomic E-state index is 12.5. The Labute approximate surface area is 394 Å². The standard InChI is InChI=1S/C57H113NO5/c1-3-5-7-9-11-13-15-16-17-18-19-20-21-22-23-24-25-26-27-30-33-37-41-45-49-55(60)54(53-59)58-56(61)50-46-42-38-34-31-28-32-36-40-44-48-52-63-57(62)51-47-43-39-35-29-14-12-10-8-6-4-2/h54-55,59-60H,3-53H2,1-2H3,(H,58,61). The van der Waals surface area contributed by atoms with Crippen molar-refractivity contribution in [3.8, 4) is 0 Å². The van der Waals surface area contributed by atoms with E-state index in [1.54, 1.807) is 0 Å². The van der Waals surface area contributed by atoms with Gasteiger partial charge in [0.15, 0.2) is 0 Å². The zero-order valence-electron chi connectivity index (χ0n) is 42.8. The van der Waals surface area contributed by atoms with Crippen molar-refractivity contribution in [3.63, 3.8) is 0 Å². The van der Waals surface area contributed by atoms with Gasteiger partial charge in [-0.3, -0.25) is 9.59 Å². The summed E-state index contributed by atoms with van der Waals surface area (Å²) in [6, 6.07) is -0.555. The fourth-order valence-electron chi connectivity index (χ4n) is 9.23. The Bertz CT molecular complexity index is 898. The number of hydrogen-bond donors (Lipinski definition) is 3. The Balaban J connectivity index is 3.44. The monoisotopic (exact) mass is 892 g/mol. The zero-order valence-corrected chi connectivity index (χ0v) is 42.8. The van der Waals surface area contributed by atoms with Gasteiger partial charge in [-0.25, -0.2) is 0 Å². The number of rotatable bonds is 54. The lowest BCUT2D eigenvalue weighted by molar-refractivity contribution is -0.143. The van der Waals surface area contributed by atoms with E-state index in [0.717, 1.165) is 57.8 Å². The van der Waals surface area contributed by atoms with Crippen molar-refractivity contribution in [1.82, 2.24) is 5.32 Å². The topological polar surface area (TPSA) is 95.9 Å². The number of aliphatic hydroxyl groups excluding tert-OH is 2. The van der Waals surface area contributed by atoms with Crippen molar-refractivity contribution in [2.75, 3.05) is 13.2 Å². The van der Waals surface area contributed by atoms with Crippen LogP contribution in [-0.2, 0) is 14.3 Å². The highest BCUT2D eigenvalue weighted by molar-refractivity contribution is 5.76. The summed E-state index contributed by atoms with van der Waals surface area (Å²) in [6.45, 7) is 4.93. The molecule has 0 aromatic carbocycles. The van der Waals surface area contributed by atoms with Crippen LogP contribution in [0.5, 0.6) is 0 Å². The molecule has 1 amide bonds. The molecule has 3 N–H and O–H groups in total. The lowest BCUT2D eigenvalue weighted by Gasteiger charge is -2.22. The van der Waals surface area contributed by atoms with E-state index in [9.17, 15) is 19.8 Å². The summed E-state index contributed by atoms with van der Waals surface area (Å²) in [7, 11) is 0. The number of amides is 1. The molecule has 0 bridgehead atoms. The van der Waals surface area contributed by atoms with Gasteiger partial charge in [-0.15, -0.1) is 0 Å². The van der Waals surface area contributed by atoms with Crippen LogP contribution in [0.15, 0.2) is 0 Å². The van der Waals surface area contributed by atoms with Crippen LogP contribution in [0.4, 0.5) is 0 Å². The number of aliphatic hydroxyl groups is 2. The van der Waals surface area contributed by atoms with Gasteiger partial charge >= 0.3 is 5.97 Å². The number of unbranched alkanes of at least 4 members (excludes halogenated alkanes) is 43. The third kappa shape index (κ3) is 50.1. The second kappa shape index (κ2) is 53.5. The molecule has 0 aromatic rings. The number of carbonyl (C=O) groups excluding carboxylic acids is 2. The molecule has 0 aromatic heterocycles.